The monoisotopic (exact) mass is 636 g/mol. The van der Waals surface area contributed by atoms with Gasteiger partial charge in [-0.05, 0) is 65.2 Å². The fourth-order valence-electron chi connectivity index (χ4n) is 5.92. The smallest absolute Gasteiger partial charge is 0.177 e. The van der Waals surface area contributed by atoms with Crippen LogP contribution in [0, 0.1) is 0 Å². The molecule has 0 bridgehead atoms. The number of pyridine rings is 1. The van der Waals surface area contributed by atoms with Crippen LogP contribution in [0.25, 0.3) is 22.0 Å². The Morgan fingerprint density at radius 2 is 1.87 bits per heavy atom. The van der Waals surface area contributed by atoms with Gasteiger partial charge in [0.05, 0.1) is 17.8 Å². The lowest BCUT2D eigenvalue weighted by Crippen LogP contribution is -2.12. The minimum Gasteiger partial charge on any atom is -0.487 e. The van der Waals surface area contributed by atoms with Crippen LogP contribution < -0.4 is 4.74 Å². The molecular formula is C35H33ClN6O2S. The Morgan fingerprint density at radius 3 is 2.62 bits per heavy atom. The van der Waals surface area contributed by atoms with Gasteiger partial charge in [-0.2, -0.15) is 0 Å². The molecule has 0 saturated carbocycles. The molecule has 45 heavy (non-hydrogen) atoms. The lowest BCUT2D eigenvalue weighted by atomic mass is 10.0. The topological polar surface area (TPSA) is 90.7 Å². The summed E-state index contributed by atoms with van der Waals surface area (Å²) in [5.41, 5.74) is 8.06. The molecule has 2 atom stereocenters. The van der Waals surface area contributed by atoms with E-state index in [9.17, 15) is 0 Å². The molecule has 0 spiro atoms. The third kappa shape index (κ3) is 6.33. The summed E-state index contributed by atoms with van der Waals surface area (Å²) in [7, 11) is 0. The van der Waals surface area contributed by atoms with E-state index >= 15 is 0 Å². The fourth-order valence-corrected chi connectivity index (χ4v) is 7.39. The Bertz CT molecular complexity index is 1890. The first-order valence-corrected chi connectivity index (χ1v) is 16.4. The van der Waals surface area contributed by atoms with Gasteiger partial charge in [-0.25, -0.2) is 5.10 Å². The van der Waals surface area contributed by atoms with Crippen molar-refractivity contribution >= 4 is 34.3 Å². The van der Waals surface area contributed by atoms with Gasteiger partial charge >= 0.3 is 0 Å². The first kappa shape index (κ1) is 29.5. The summed E-state index contributed by atoms with van der Waals surface area (Å²) in [5, 5.41) is 16.6. The number of H-pyrrole nitrogens is 1. The molecule has 1 aliphatic heterocycles. The molecule has 4 heterocycles. The second kappa shape index (κ2) is 13.0. The number of ether oxygens (including phenoxy) is 2. The number of hydrogen-bond donors (Lipinski definition) is 1. The van der Waals surface area contributed by atoms with Gasteiger partial charge in [0.25, 0.3) is 0 Å². The second-order valence-electron chi connectivity index (χ2n) is 11.3. The number of tetrazole rings is 1. The number of aromatic nitrogens is 6. The molecule has 10 heteroatoms. The molecule has 7 rings (SSSR count). The van der Waals surface area contributed by atoms with E-state index in [1.807, 2.05) is 61.3 Å². The van der Waals surface area contributed by atoms with Crippen LogP contribution in [0.3, 0.4) is 0 Å². The van der Waals surface area contributed by atoms with E-state index < -0.39 is 0 Å². The van der Waals surface area contributed by atoms with Crippen LogP contribution in [0.5, 0.6) is 5.75 Å². The highest BCUT2D eigenvalue weighted by Crippen LogP contribution is 2.47. The Kier molecular flexibility index (Phi) is 8.56. The summed E-state index contributed by atoms with van der Waals surface area (Å²) in [6.45, 7) is 5.92. The zero-order valence-corrected chi connectivity index (χ0v) is 26.7. The summed E-state index contributed by atoms with van der Waals surface area (Å²) in [6, 6.07) is 26.9. The normalized spacial score (nSPS) is 15.0. The molecule has 228 valence electrons. The van der Waals surface area contributed by atoms with Crippen LogP contribution in [0.2, 0.25) is 5.02 Å². The second-order valence-corrected chi connectivity index (χ2v) is 13.2. The highest BCUT2D eigenvalue weighted by atomic mass is 35.5. The van der Waals surface area contributed by atoms with Crippen molar-refractivity contribution in [2.75, 3.05) is 6.61 Å². The van der Waals surface area contributed by atoms with Gasteiger partial charge in [-0.1, -0.05) is 67.1 Å². The molecule has 1 N–H and O–H groups in total. The molecule has 0 saturated heterocycles. The van der Waals surface area contributed by atoms with E-state index in [1.165, 1.54) is 32.6 Å². The number of halogens is 1. The van der Waals surface area contributed by atoms with Crippen LogP contribution in [-0.4, -0.2) is 42.0 Å². The third-order valence-corrected chi connectivity index (χ3v) is 9.68. The molecule has 3 aromatic carbocycles. The minimum absolute atomic E-state index is 0.233. The summed E-state index contributed by atoms with van der Waals surface area (Å²) >= 11 is 8.16. The first-order valence-electron chi connectivity index (χ1n) is 15.1. The number of aromatic amines is 1. The van der Waals surface area contributed by atoms with Gasteiger partial charge in [-0.15, -0.1) is 16.9 Å². The summed E-state index contributed by atoms with van der Waals surface area (Å²) in [5.74, 6) is 1.54. The summed E-state index contributed by atoms with van der Waals surface area (Å²) in [6.07, 6.45) is 3.36. The van der Waals surface area contributed by atoms with Crippen LogP contribution in [0.1, 0.15) is 48.3 Å². The zero-order valence-electron chi connectivity index (χ0n) is 25.1. The number of nitrogens with zero attached hydrogens (tertiary/aromatic N) is 5. The predicted molar refractivity (Wildman–Crippen MR) is 178 cm³/mol. The maximum Gasteiger partial charge on any atom is 0.177 e. The van der Waals surface area contributed by atoms with Crippen molar-refractivity contribution in [2.24, 2.45) is 0 Å². The van der Waals surface area contributed by atoms with E-state index in [0.717, 1.165) is 47.0 Å². The summed E-state index contributed by atoms with van der Waals surface area (Å²) in [4.78, 5) is 6.01. The van der Waals surface area contributed by atoms with Gasteiger partial charge in [-0.3, -0.25) is 4.98 Å². The van der Waals surface area contributed by atoms with Crippen LogP contribution in [-0.2, 0) is 30.7 Å². The highest BCUT2D eigenvalue weighted by Gasteiger charge is 2.29. The SMILES string of the molecule is CC1Cc2c(OCc3ccc(-c4ccccc4)cn3)ccc3c2c(c(CCOC(C)c2nnn[nH]2)n3Cc2ccc(Cl)cc2)S1. The van der Waals surface area contributed by atoms with Crippen LogP contribution in [0.15, 0.2) is 90.0 Å². The molecule has 6 aromatic rings. The van der Waals surface area contributed by atoms with Gasteiger partial charge in [0, 0.05) is 56.5 Å². The fraction of sp³-hybridized carbons (Fsp3) is 0.257. The number of rotatable bonds is 11. The van der Waals surface area contributed by atoms with E-state index in [-0.39, 0.29) is 6.10 Å². The maximum absolute atomic E-state index is 6.50. The van der Waals surface area contributed by atoms with Crippen LogP contribution in [0.4, 0.5) is 0 Å². The lowest BCUT2D eigenvalue weighted by Gasteiger charge is -2.22. The van der Waals surface area contributed by atoms with E-state index in [2.05, 4.69) is 74.6 Å². The lowest BCUT2D eigenvalue weighted by molar-refractivity contribution is 0.0611. The minimum atomic E-state index is -0.233. The average Bonchev–Trinajstić information content (AvgIpc) is 3.71. The van der Waals surface area contributed by atoms with Gasteiger partial charge in [0.2, 0.25) is 0 Å². The molecule has 0 aliphatic carbocycles. The molecule has 0 fully saturated rings. The van der Waals surface area contributed by atoms with Crippen molar-refractivity contribution in [2.45, 2.75) is 56.1 Å². The molecule has 8 nitrogen and oxygen atoms in total. The van der Waals surface area contributed by atoms with Crippen molar-refractivity contribution in [1.82, 2.24) is 30.2 Å². The molecule has 3 aromatic heterocycles. The standard InChI is InChI=1S/C35H33ClN6O2S/c1-22-18-29-32(44-21-28-13-10-26(19-37-28)25-6-4-3-5-7-25)15-14-30-33(29)34(45-22)31(16-17-43-23(2)35-38-40-41-39-35)42(30)20-24-8-11-27(36)12-9-24/h3-15,19,22-23H,16-18,20-21H2,1-2H3,(H,38,39,40,41). The molecule has 0 radical (unpaired) electrons. The van der Waals surface area contributed by atoms with E-state index in [0.29, 0.717) is 24.3 Å². The van der Waals surface area contributed by atoms with Crippen LogP contribution >= 0.6 is 23.4 Å². The van der Waals surface area contributed by atoms with Gasteiger partial charge in [0.1, 0.15) is 18.5 Å². The van der Waals surface area contributed by atoms with E-state index in [4.69, 9.17) is 26.1 Å². The maximum atomic E-state index is 6.50. The van der Waals surface area contributed by atoms with Crippen molar-refractivity contribution in [3.63, 3.8) is 0 Å². The van der Waals surface area contributed by atoms with Crippen molar-refractivity contribution in [3.05, 3.63) is 118 Å². The Morgan fingerprint density at radius 1 is 1.02 bits per heavy atom. The number of benzene rings is 3. The largest absolute Gasteiger partial charge is 0.487 e. The summed E-state index contributed by atoms with van der Waals surface area (Å²) < 4.78 is 15.1. The number of hydrogen-bond acceptors (Lipinski definition) is 7. The Labute approximate surface area is 271 Å². The highest BCUT2D eigenvalue weighted by molar-refractivity contribution is 8.00. The number of nitrogens with one attached hydrogen (secondary N) is 1. The molecule has 2 unspecified atom stereocenters. The quantitative estimate of drug-likeness (QED) is 0.155. The van der Waals surface area contributed by atoms with Crippen molar-refractivity contribution in [3.8, 4) is 16.9 Å². The number of thioether (sulfide) groups is 1. The van der Waals surface area contributed by atoms with Crippen molar-refractivity contribution in [1.29, 1.82) is 0 Å². The van der Waals surface area contributed by atoms with Gasteiger partial charge in [0.15, 0.2) is 5.82 Å². The first-order chi connectivity index (χ1) is 22.0. The Balaban J connectivity index is 1.19. The van der Waals surface area contributed by atoms with Crippen molar-refractivity contribution < 1.29 is 9.47 Å². The Hall–Kier alpha value is -4.18. The molecular weight excluding hydrogens is 604 g/mol. The molecule has 1 aliphatic rings. The average molecular weight is 637 g/mol. The van der Waals surface area contributed by atoms with E-state index in [1.54, 1.807) is 0 Å². The predicted octanol–water partition coefficient (Wildman–Crippen LogP) is 7.85. The van der Waals surface area contributed by atoms with Gasteiger partial charge < -0.3 is 14.0 Å². The third-order valence-electron chi connectivity index (χ3n) is 8.18. The zero-order chi connectivity index (χ0) is 30.8. The molecule has 0 amide bonds.